The van der Waals surface area contributed by atoms with Crippen molar-refractivity contribution in [2.75, 3.05) is 26.7 Å². The van der Waals surface area contributed by atoms with Crippen LogP contribution in [0.3, 0.4) is 0 Å². The number of carbonyl (C=O) groups is 1. The molecule has 5 nitrogen and oxygen atoms in total. The number of hydrogen-bond donors (Lipinski definition) is 1. The van der Waals surface area contributed by atoms with Gasteiger partial charge in [0.05, 0.1) is 12.1 Å². The number of rotatable bonds is 5. The number of piperidine rings is 1. The number of para-hydroxylation sites is 1. The fourth-order valence-corrected chi connectivity index (χ4v) is 3.90. The number of nitrogens with zero attached hydrogens (tertiary/aromatic N) is 2. The lowest BCUT2D eigenvalue weighted by molar-refractivity contribution is 0.181. The summed E-state index contributed by atoms with van der Waals surface area (Å²) >= 11 is 1.71. The van der Waals surface area contributed by atoms with Crippen molar-refractivity contribution in [3.63, 3.8) is 0 Å². The Morgan fingerprint density at radius 1 is 1.38 bits per heavy atom. The highest BCUT2D eigenvalue weighted by Gasteiger charge is 2.24. The Bertz CT molecular complexity index is 652. The lowest BCUT2D eigenvalue weighted by Crippen LogP contribution is -2.44. The third-order valence-corrected chi connectivity index (χ3v) is 5.38. The Kier molecular flexibility index (Phi) is 5.69. The summed E-state index contributed by atoms with van der Waals surface area (Å²) in [5.74, 6) is 1.37. The molecule has 0 bridgehead atoms. The van der Waals surface area contributed by atoms with Gasteiger partial charge < -0.3 is 15.0 Å². The molecule has 0 unspecified atom stereocenters. The number of ether oxygens (including phenoxy) is 1. The Balaban J connectivity index is 1.43. The second kappa shape index (κ2) is 8.15. The van der Waals surface area contributed by atoms with E-state index in [-0.39, 0.29) is 6.03 Å². The zero-order valence-electron chi connectivity index (χ0n) is 13.9. The van der Waals surface area contributed by atoms with Gasteiger partial charge in [0.2, 0.25) is 0 Å². The average Bonchev–Trinajstić information content (AvgIpc) is 3.17. The van der Waals surface area contributed by atoms with E-state index in [9.17, 15) is 4.79 Å². The van der Waals surface area contributed by atoms with Gasteiger partial charge >= 0.3 is 6.03 Å². The first-order chi connectivity index (χ1) is 11.8. The Morgan fingerprint density at radius 3 is 2.88 bits per heavy atom. The van der Waals surface area contributed by atoms with Gasteiger partial charge in [0.15, 0.2) is 0 Å². The number of aromatic nitrogens is 1. The summed E-state index contributed by atoms with van der Waals surface area (Å²) < 4.78 is 5.34. The van der Waals surface area contributed by atoms with Crippen molar-refractivity contribution in [2.45, 2.75) is 25.2 Å². The second-order valence-electron chi connectivity index (χ2n) is 5.93. The van der Waals surface area contributed by atoms with Gasteiger partial charge in [-0.1, -0.05) is 18.2 Å². The molecule has 1 aliphatic rings. The van der Waals surface area contributed by atoms with Crippen molar-refractivity contribution < 1.29 is 9.53 Å². The molecule has 1 aliphatic heterocycles. The highest BCUT2D eigenvalue weighted by Crippen LogP contribution is 2.29. The van der Waals surface area contributed by atoms with Crippen LogP contribution in [0.4, 0.5) is 4.79 Å². The smallest absolute Gasteiger partial charge is 0.317 e. The number of methoxy groups -OCH3 is 1. The van der Waals surface area contributed by atoms with Crippen LogP contribution in [0.15, 0.2) is 35.8 Å². The van der Waals surface area contributed by atoms with E-state index in [0.29, 0.717) is 12.5 Å². The maximum absolute atomic E-state index is 12.3. The zero-order valence-corrected chi connectivity index (χ0v) is 14.7. The van der Waals surface area contributed by atoms with Crippen LogP contribution in [0.25, 0.3) is 0 Å². The normalized spacial score (nSPS) is 15.3. The summed E-state index contributed by atoms with van der Waals surface area (Å²) in [6.45, 7) is 2.21. The largest absolute Gasteiger partial charge is 0.496 e. The first-order valence-electron chi connectivity index (χ1n) is 8.32. The van der Waals surface area contributed by atoms with Crippen LogP contribution >= 0.6 is 11.3 Å². The molecule has 6 heteroatoms. The molecule has 1 N–H and O–H groups in total. The molecule has 0 spiro atoms. The maximum Gasteiger partial charge on any atom is 0.317 e. The molecule has 24 heavy (non-hydrogen) atoms. The van der Waals surface area contributed by atoms with Crippen molar-refractivity contribution >= 4 is 17.4 Å². The molecule has 2 amide bonds. The summed E-state index contributed by atoms with van der Waals surface area (Å²) in [4.78, 5) is 18.6. The predicted molar refractivity (Wildman–Crippen MR) is 95.8 cm³/mol. The van der Waals surface area contributed by atoms with Crippen LogP contribution in [0, 0.1) is 0 Å². The van der Waals surface area contributed by atoms with Gasteiger partial charge in [-0.2, -0.15) is 0 Å². The Hall–Kier alpha value is -2.08. The minimum atomic E-state index is 0.0301. The molecular formula is C18H23N3O2S. The number of hydrogen-bond acceptors (Lipinski definition) is 4. The van der Waals surface area contributed by atoms with Crippen molar-refractivity contribution in [1.29, 1.82) is 0 Å². The topological polar surface area (TPSA) is 54.5 Å². The third kappa shape index (κ3) is 4.06. The standard InChI is InChI=1S/C18H23N3O2S/c1-23-16-5-3-2-4-14(16)6-9-20-18(22)21-11-7-15(8-12-21)17-19-10-13-24-17/h2-5,10,13,15H,6-9,11-12H2,1H3,(H,20,22). The van der Waals surface area contributed by atoms with Gasteiger partial charge in [0, 0.05) is 37.1 Å². The summed E-state index contributed by atoms with van der Waals surface area (Å²) in [6.07, 6.45) is 4.61. The molecule has 0 saturated carbocycles. The third-order valence-electron chi connectivity index (χ3n) is 4.45. The number of benzene rings is 1. The quantitative estimate of drug-likeness (QED) is 0.905. The fraction of sp³-hybridized carbons (Fsp3) is 0.444. The van der Waals surface area contributed by atoms with E-state index in [4.69, 9.17) is 4.74 Å². The highest BCUT2D eigenvalue weighted by atomic mass is 32.1. The van der Waals surface area contributed by atoms with E-state index in [0.717, 1.165) is 43.7 Å². The van der Waals surface area contributed by atoms with Crippen molar-refractivity contribution in [3.8, 4) is 5.75 Å². The number of amides is 2. The van der Waals surface area contributed by atoms with Gasteiger partial charge in [0.1, 0.15) is 5.75 Å². The summed E-state index contributed by atoms with van der Waals surface area (Å²) in [5, 5.41) is 6.24. The van der Waals surface area contributed by atoms with Crippen molar-refractivity contribution in [1.82, 2.24) is 15.2 Å². The predicted octanol–water partition coefficient (Wildman–Crippen LogP) is 3.28. The van der Waals surface area contributed by atoms with Crippen LogP contribution in [0.1, 0.15) is 29.3 Å². The molecular weight excluding hydrogens is 322 g/mol. The highest BCUT2D eigenvalue weighted by molar-refractivity contribution is 7.09. The van der Waals surface area contributed by atoms with E-state index >= 15 is 0 Å². The van der Waals surface area contributed by atoms with Crippen LogP contribution in [-0.4, -0.2) is 42.7 Å². The number of nitrogens with one attached hydrogen (secondary N) is 1. The monoisotopic (exact) mass is 345 g/mol. The summed E-state index contributed by atoms with van der Waals surface area (Å²) in [7, 11) is 1.67. The lowest BCUT2D eigenvalue weighted by Gasteiger charge is -2.31. The van der Waals surface area contributed by atoms with E-state index in [1.165, 1.54) is 5.01 Å². The number of carbonyl (C=O) groups excluding carboxylic acids is 1. The van der Waals surface area contributed by atoms with Crippen LogP contribution in [0.2, 0.25) is 0 Å². The van der Waals surface area contributed by atoms with Crippen molar-refractivity contribution in [2.24, 2.45) is 0 Å². The fourth-order valence-electron chi connectivity index (χ4n) is 3.09. The zero-order chi connectivity index (χ0) is 16.8. The van der Waals surface area contributed by atoms with Crippen LogP contribution in [0.5, 0.6) is 5.75 Å². The van der Waals surface area contributed by atoms with Gasteiger partial charge in [-0.3, -0.25) is 0 Å². The molecule has 1 aromatic carbocycles. The van der Waals surface area contributed by atoms with Crippen LogP contribution < -0.4 is 10.1 Å². The number of likely N-dealkylation sites (tertiary alicyclic amines) is 1. The van der Waals surface area contributed by atoms with Crippen LogP contribution in [-0.2, 0) is 6.42 Å². The Morgan fingerprint density at radius 2 is 2.17 bits per heavy atom. The van der Waals surface area contributed by atoms with Gasteiger partial charge in [-0.05, 0) is 30.9 Å². The molecule has 1 fully saturated rings. The van der Waals surface area contributed by atoms with Crippen molar-refractivity contribution in [3.05, 3.63) is 46.4 Å². The average molecular weight is 345 g/mol. The SMILES string of the molecule is COc1ccccc1CCNC(=O)N1CCC(c2nccs2)CC1. The molecule has 1 aromatic heterocycles. The molecule has 128 valence electrons. The molecule has 0 aliphatic carbocycles. The molecule has 0 atom stereocenters. The molecule has 2 heterocycles. The van der Waals surface area contributed by atoms with E-state index < -0.39 is 0 Å². The number of urea groups is 1. The molecule has 3 rings (SSSR count). The molecule has 1 saturated heterocycles. The molecule has 0 radical (unpaired) electrons. The van der Waals surface area contributed by atoms with Gasteiger partial charge in [-0.25, -0.2) is 9.78 Å². The summed E-state index contributed by atoms with van der Waals surface area (Å²) in [5.41, 5.74) is 1.11. The van der Waals surface area contributed by atoms with Gasteiger partial charge in [-0.15, -0.1) is 11.3 Å². The lowest BCUT2D eigenvalue weighted by atomic mass is 9.98. The molecule has 2 aromatic rings. The van der Waals surface area contributed by atoms with E-state index in [1.54, 1.807) is 18.4 Å². The first-order valence-corrected chi connectivity index (χ1v) is 9.20. The second-order valence-corrected chi connectivity index (χ2v) is 6.85. The van der Waals surface area contributed by atoms with E-state index in [1.807, 2.05) is 40.7 Å². The minimum absolute atomic E-state index is 0.0301. The number of thiazole rings is 1. The minimum Gasteiger partial charge on any atom is -0.496 e. The maximum atomic E-state index is 12.3. The Labute approximate surface area is 146 Å². The first kappa shape index (κ1) is 16.8. The van der Waals surface area contributed by atoms with Gasteiger partial charge in [0.25, 0.3) is 0 Å². The summed E-state index contributed by atoms with van der Waals surface area (Å²) in [6, 6.07) is 7.95. The van der Waals surface area contributed by atoms with E-state index in [2.05, 4.69) is 10.3 Å².